The second-order valence-electron chi connectivity index (χ2n) is 8.20. The Hall–Kier alpha value is -2.78. The molecule has 1 aliphatic carbocycles. The van der Waals surface area contributed by atoms with Crippen molar-refractivity contribution in [2.75, 3.05) is 12.0 Å². The number of benzene rings is 1. The third kappa shape index (κ3) is 2.91. The van der Waals surface area contributed by atoms with E-state index in [1.165, 1.54) is 28.2 Å². The third-order valence-corrected chi connectivity index (χ3v) is 8.18. The van der Waals surface area contributed by atoms with E-state index in [2.05, 4.69) is 4.98 Å². The highest BCUT2D eigenvalue weighted by Gasteiger charge is 2.41. The summed E-state index contributed by atoms with van der Waals surface area (Å²) >= 11 is 3.43. The van der Waals surface area contributed by atoms with Crippen LogP contribution in [0.5, 0.6) is 0 Å². The van der Waals surface area contributed by atoms with Gasteiger partial charge in [-0.3, -0.25) is 14.5 Å². The fourth-order valence-electron chi connectivity index (χ4n) is 4.81. The Morgan fingerprint density at radius 2 is 1.88 bits per heavy atom. The van der Waals surface area contributed by atoms with E-state index in [-0.39, 0.29) is 11.8 Å². The first-order valence-corrected chi connectivity index (χ1v) is 13.0. The molecule has 0 radical (unpaired) electrons. The van der Waals surface area contributed by atoms with Gasteiger partial charge in [-0.2, -0.15) is 11.8 Å². The van der Waals surface area contributed by atoms with Crippen LogP contribution in [0.15, 0.2) is 30.6 Å². The normalized spacial score (nSPS) is 16.7. The van der Waals surface area contributed by atoms with Crippen LogP contribution in [-0.2, 0) is 12.8 Å². The summed E-state index contributed by atoms with van der Waals surface area (Å²) in [5, 5.41) is 5.79. The SMILES string of the molecule is CSCC[C@@H](c1nc2c3c4c(sc3ncn2n1)CCCC4)N1C(=O)c2ccccc2C1=O. The second-order valence-corrected chi connectivity index (χ2v) is 10.3. The van der Waals surface area contributed by atoms with Gasteiger partial charge in [0, 0.05) is 4.88 Å². The van der Waals surface area contributed by atoms with Crippen LogP contribution in [0.1, 0.15) is 62.3 Å². The smallest absolute Gasteiger partial charge is 0.262 e. The topological polar surface area (TPSA) is 80.5 Å². The second kappa shape index (κ2) is 7.67. The number of amides is 2. The highest BCUT2D eigenvalue weighted by Crippen LogP contribution is 2.38. The first kappa shape index (κ1) is 19.9. The fourth-order valence-corrected chi connectivity index (χ4v) is 6.49. The van der Waals surface area contributed by atoms with E-state index in [4.69, 9.17) is 10.1 Å². The van der Waals surface area contributed by atoms with Crippen molar-refractivity contribution in [1.82, 2.24) is 24.5 Å². The van der Waals surface area contributed by atoms with Crippen molar-refractivity contribution >= 4 is 50.8 Å². The molecule has 9 heteroatoms. The van der Waals surface area contributed by atoms with Crippen molar-refractivity contribution in [3.63, 3.8) is 0 Å². The van der Waals surface area contributed by atoms with Crippen molar-refractivity contribution in [3.05, 3.63) is 58.0 Å². The summed E-state index contributed by atoms with van der Waals surface area (Å²) in [4.78, 5) is 39.7. The van der Waals surface area contributed by atoms with E-state index >= 15 is 0 Å². The highest BCUT2D eigenvalue weighted by molar-refractivity contribution is 7.98. The van der Waals surface area contributed by atoms with E-state index in [0.717, 1.165) is 34.5 Å². The summed E-state index contributed by atoms with van der Waals surface area (Å²) in [6, 6.07) is 6.48. The average molecular weight is 464 g/mol. The largest absolute Gasteiger partial charge is 0.269 e. The van der Waals surface area contributed by atoms with Gasteiger partial charge < -0.3 is 0 Å². The molecule has 0 saturated heterocycles. The Balaban J connectivity index is 1.49. The molecule has 1 atom stereocenters. The summed E-state index contributed by atoms with van der Waals surface area (Å²) in [6.07, 6.45) is 8.83. The molecule has 0 saturated carbocycles. The average Bonchev–Trinajstić information content (AvgIpc) is 3.48. The molecule has 0 fully saturated rings. The maximum absolute atomic E-state index is 13.2. The lowest BCUT2D eigenvalue weighted by atomic mass is 9.97. The molecule has 162 valence electrons. The molecule has 4 aromatic rings. The maximum Gasteiger partial charge on any atom is 0.262 e. The van der Waals surface area contributed by atoms with Crippen molar-refractivity contribution in [1.29, 1.82) is 0 Å². The maximum atomic E-state index is 13.2. The number of hydrogen-bond acceptors (Lipinski definition) is 7. The molecule has 0 spiro atoms. The molecule has 1 aliphatic heterocycles. The minimum atomic E-state index is -0.515. The van der Waals surface area contributed by atoms with Crippen LogP contribution >= 0.6 is 23.1 Å². The lowest BCUT2D eigenvalue weighted by molar-refractivity contribution is 0.0571. The minimum absolute atomic E-state index is 0.272. The predicted octanol–water partition coefficient (Wildman–Crippen LogP) is 4.31. The molecule has 1 aromatic carbocycles. The number of fused-ring (bicyclic) bond motifs is 6. The van der Waals surface area contributed by atoms with Gasteiger partial charge in [-0.1, -0.05) is 12.1 Å². The number of nitrogens with zero attached hydrogens (tertiary/aromatic N) is 5. The molecule has 0 unspecified atom stereocenters. The number of imide groups is 1. The molecule has 2 amide bonds. The van der Waals surface area contributed by atoms with Crippen LogP contribution in [0.25, 0.3) is 15.9 Å². The summed E-state index contributed by atoms with van der Waals surface area (Å²) in [6.45, 7) is 0. The van der Waals surface area contributed by atoms with E-state index < -0.39 is 6.04 Å². The highest BCUT2D eigenvalue weighted by atomic mass is 32.2. The van der Waals surface area contributed by atoms with E-state index in [1.807, 2.05) is 6.26 Å². The van der Waals surface area contributed by atoms with Crippen LogP contribution in [0.2, 0.25) is 0 Å². The molecule has 0 N–H and O–H groups in total. The standard InChI is InChI=1S/C23H21N5O2S2/c1-31-11-10-16(28-22(29)13-6-2-3-7-14(13)23(28)30)19-25-20-18-15-8-4-5-9-17(15)32-21(18)24-12-27(20)26-19/h2-3,6-7,12,16H,4-5,8-11H2,1H3/t16-/m0/s1. The molecular formula is C23H21N5O2S2. The number of rotatable bonds is 5. The molecule has 6 rings (SSSR count). The Kier molecular flexibility index (Phi) is 4.76. The number of carbonyl (C=O) groups is 2. The Morgan fingerprint density at radius 3 is 2.62 bits per heavy atom. The number of thiophene rings is 1. The summed E-state index contributed by atoms with van der Waals surface area (Å²) < 4.78 is 1.71. The zero-order valence-corrected chi connectivity index (χ0v) is 19.2. The van der Waals surface area contributed by atoms with E-state index in [9.17, 15) is 9.59 Å². The van der Waals surface area contributed by atoms with Gasteiger partial charge in [0.25, 0.3) is 11.8 Å². The zero-order chi connectivity index (χ0) is 21.8. The number of thioether (sulfide) groups is 1. The van der Waals surface area contributed by atoms with Crippen LogP contribution in [0.3, 0.4) is 0 Å². The van der Waals surface area contributed by atoms with Crippen LogP contribution in [-0.4, -0.2) is 48.3 Å². The lowest BCUT2D eigenvalue weighted by Gasteiger charge is -2.23. The molecule has 3 aromatic heterocycles. The van der Waals surface area contributed by atoms with Gasteiger partial charge in [-0.15, -0.1) is 16.4 Å². The number of aromatic nitrogens is 4. The Bertz CT molecular complexity index is 1360. The van der Waals surface area contributed by atoms with Gasteiger partial charge >= 0.3 is 0 Å². The van der Waals surface area contributed by atoms with Crippen molar-refractivity contribution in [2.24, 2.45) is 0 Å². The summed E-state index contributed by atoms with van der Waals surface area (Å²) in [5.74, 6) is 0.742. The Morgan fingerprint density at radius 1 is 1.12 bits per heavy atom. The van der Waals surface area contributed by atoms with Crippen LogP contribution < -0.4 is 0 Å². The quantitative estimate of drug-likeness (QED) is 0.410. The number of carbonyl (C=O) groups excluding carboxylic acids is 2. The fraction of sp³-hybridized carbons (Fsp3) is 0.348. The van der Waals surface area contributed by atoms with Crippen molar-refractivity contribution < 1.29 is 9.59 Å². The first-order valence-electron chi connectivity index (χ1n) is 10.8. The van der Waals surface area contributed by atoms with E-state index in [0.29, 0.717) is 23.4 Å². The van der Waals surface area contributed by atoms with Gasteiger partial charge in [-0.05, 0) is 61.8 Å². The van der Waals surface area contributed by atoms with Gasteiger partial charge in [0.05, 0.1) is 16.5 Å². The Labute approximate surface area is 192 Å². The van der Waals surface area contributed by atoms with Gasteiger partial charge in [0.1, 0.15) is 17.2 Å². The monoisotopic (exact) mass is 463 g/mol. The zero-order valence-electron chi connectivity index (χ0n) is 17.6. The minimum Gasteiger partial charge on any atom is -0.269 e. The predicted molar refractivity (Wildman–Crippen MR) is 125 cm³/mol. The molecule has 2 aliphatic rings. The summed E-state index contributed by atoms with van der Waals surface area (Å²) in [5.41, 5.74) is 3.02. The van der Waals surface area contributed by atoms with Gasteiger partial charge in [-0.25, -0.2) is 14.5 Å². The first-order chi connectivity index (χ1) is 15.7. The van der Waals surface area contributed by atoms with Crippen LogP contribution in [0.4, 0.5) is 0 Å². The molecule has 0 bridgehead atoms. The van der Waals surface area contributed by atoms with Crippen molar-refractivity contribution in [3.8, 4) is 0 Å². The summed E-state index contributed by atoms with van der Waals surface area (Å²) in [7, 11) is 0. The van der Waals surface area contributed by atoms with Crippen molar-refractivity contribution in [2.45, 2.75) is 38.1 Å². The molecule has 32 heavy (non-hydrogen) atoms. The molecule has 7 nitrogen and oxygen atoms in total. The third-order valence-electron chi connectivity index (χ3n) is 6.34. The molecular weight excluding hydrogens is 442 g/mol. The number of aryl methyl sites for hydroxylation is 2. The van der Waals surface area contributed by atoms with Crippen LogP contribution in [0, 0.1) is 0 Å². The number of hydrogen-bond donors (Lipinski definition) is 0. The van der Waals surface area contributed by atoms with Gasteiger partial charge in [0.15, 0.2) is 11.5 Å². The van der Waals surface area contributed by atoms with E-state index in [1.54, 1.807) is 58.2 Å². The van der Waals surface area contributed by atoms with Gasteiger partial charge in [0.2, 0.25) is 0 Å². The lowest BCUT2D eigenvalue weighted by Crippen LogP contribution is -2.35. The molecule has 4 heterocycles.